The molecule has 2 aliphatic rings. The second kappa shape index (κ2) is 7.07. The van der Waals surface area contributed by atoms with Gasteiger partial charge in [0.15, 0.2) is 18.0 Å². The number of hydrogen-bond acceptors (Lipinski definition) is 7. The maximum atomic E-state index is 13.1. The van der Waals surface area contributed by atoms with Crippen LogP contribution in [0.1, 0.15) is 53.9 Å². The van der Waals surface area contributed by atoms with Crippen LogP contribution in [0, 0.1) is 5.92 Å². The van der Waals surface area contributed by atoms with Crippen LogP contribution >= 0.6 is 0 Å². The second-order valence-electron chi connectivity index (χ2n) is 7.69. The van der Waals surface area contributed by atoms with Crippen molar-refractivity contribution < 1.29 is 33.7 Å². The first-order valence-electron chi connectivity index (χ1n) is 9.04. The topological polar surface area (TPSA) is 94.2 Å². The molecule has 0 bridgehead atoms. The van der Waals surface area contributed by atoms with E-state index in [4.69, 9.17) is 18.9 Å². The van der Waals surface area contributed by atoms with Gasteiger partial charge in [0.1, 0.15) is 0 Å². The van der Waals surface area contributed by atoms with Gasteiger partial charge in [0.25, 0.3) is 0 Å². The smallest absolute Gasteiger partial charge is 0.338 e. The summed E-state index contributed by atoms with van der Waals surface area (Å²) in [6.45, 7) is 9.44. The minimum Gasteiger partial charge on any atom is -0.467 e. The van der Waals surface area contributed by atoms with Crippen molar-refractivity contribution in [2.24, 2.45) is 5.92 Å². The Balaban J connectivity index is 2.52. The molecule has 0 saturated carbocycles. The summed E-state index contributed by atoms with van der Waals surface area (Å²) in [7, 11) is 2.45. The molecule has 0 aromatic rings. The van der Waals surface area contributed by atoms with Gasteiger partial charge in [-0.25, -0.2) is 9.59 Å². The number of hydroxylamine groups is 2. The van der Waals surface area contributed by atoms with E-state index in [0.717, 1.165) is 5.06 Å². The first-order chi connectivity index (χ1) is 12.0. The third-order valence-corrected chi connectivity index (χ3v) is 6.45. The van der Waals surface area contributed by atoms with Crippen LogP contribution in [0.5, 0.6) is 0 Å². The number of ether oxygens (including phenoxy) is 4. The van der Waals surface area contributed by atoms with E-state index in [1.54, 1.807) is 0 Å². The standard InChI is InChI=1S/C18H30NO7/c1-8-16(4)10-18(11(3)17(5,9-2)19(16)22)25-12(14(20)23-6)13(26-18)15(21)24-7/h11-13H,8-10H2,1-7H3. The van der Waals surface area contributed by atoms with E-state index in [2.05, 4.69) is 0 Å². The molecular formula is C18H30NO7. The average molecular weight is 372 g/mol. The highest BCUT2D eigenvalue weighted by Crippen LogP contribution is 2.54. The molecule has 149 valence electrons. The lowest BCUT2D eigenvalue weighted by Gasteiger charge is -2.59. The Hall–Kier alpha value is -1.22. The van der Waals surface area contributed by atoms with Crippen molar-refractivity contribution in [2.45, 2.75) is 83.0 Å². The fourth-order valence-electron chi connectivity index (χ4n) is 4.18. The molecule has 2 fully saturated rings. The van der Waals surface area contributed by atoms with Crippen LogP contribution in [0.15, 0.2) is 0 Å². The minimum absolute atomic E-state index is 0.234. The molecule has 2 aliphatic heterocycles. The fraction of sp³-hybridized carbons (Fsp3) is 0.889. The van der Waals surface area contributed by atoms with Gasteiger partial charge < -0.3 is 18.9 Å². The van der Waals surface area contributed by atoms with Gasteiger partial charge in [-0.15, -0.1) is 10.3 Å². The third kappa shape index (κ3) is 2.93. The van der Waals surface area contributed by atoms with E-state index in [9.17, 15) is 14.8 Å². The van der Waals surface area contributed by atoms with Crippen LogP contribution in [0.25, 0.3) is 0 Å². The highest BCUT2D eigenvalue weighted by atomic mass is 16.8. The van der Waals surface area contributed by atoms with E-state index in [1.807, 2.05) is 34.6 Å². The predicted molar refractivity (Wildman–Crippen MR) is 90.2 cm³/mol. The van der Waals surface area contributed by atoms with Crippen molar-refractivity contribution in [3.8, 4) is 0 Å². The lowest BCUT2D eigenvalue weighted by molar-refractivity contribution is -0.375. The monoisotopic (exact) mass is 372 g/mol. The van der Waals surface area contributed by atoms with Crippen LogP contribution in [-0.2, 0) is 33.7 Å². The number of methoxy groups -OCH3 is 2. The molecule has 5 unspecified atom stereocenters. The summed E-state index contributed by atoms with van der Waals surface area (Å²) >= 11 is 0. The Morgan fingerprint density at radius 3 is 1.85 bits per heavy atom. The van der Waals surface area contributed by atoms with Crippen molar-refractivity contribution in [1.29, 1.82) is 0 Å². The molecular weight excluding hydrogens is 342 g/mol. The van der Waals surface area contributed by atoms with Crippen molar-refractivity contribution in [3.63, 3.8) is 0 Å². The summed E-state index contributed by atoms with van der Waals surface area (Å²) in [6, 6.07) is 0. The van der Waals surface area contributed by atoms with E-state index < -0.39 is 41.0 Å². The molecule has 8 nitrogen and oxygen atoms in total. The van der Waals surface area contributed by atoms with E-state index in [-0.39, 0.29) is 12.3 Å². The molecule has 5 atom stereocenters. The van der Waals surface area contributed by atoms with E-state index in [0.29, 0.717) is 12.8 Å². The number of carbonyl (C=O) groups excluding carboxylic acids is 2. The summed E-state index contributed by atoms with van der Waals surface area (Å²) < 4.78 is 21.7. The normalized spacial score (nSPS) is 43.5. The summed E-state index contributed by atoms with van der Waals surface area (Å²) in [4.78, 5) is 24.4. The summed E-state index contributed by atoms with van der Waals surface area (Å²) in [6.07, 6.45) is -1.09. The molecule has 2 rings (SSSR count). The number of rotatable bonds is 4. The number of esters is 2. The van der Waals surface area contributed by atoms with Gasteiger partial charge >= 0.3 is 11.9 Å². The first-order valence-corrected chi connectivity index (χ1v) is 9.04. The van der Waals surface area contributed by atoms with Gasteiger partial charge in [-0.2, -0.15) is 0 Å². The summed E-state index contributed by atoms with van der Waals surface area (Å²) in [5, 5.41) is 14.3. The lowest BCUT2D eigenvalue weighted by atomic mass is 9.67. The highest BCUT2D eigenvalue weighted by Gasteiger charge is 2.67. The van der Waals surface area contributed by atoms with Crippen LogP contribution in [0.3, 0.4) is 0 Å². The van der Waals surface area contributed by atoms with Crippen LogP contribution in [-0.4, -0.2) is 60.3 Å². The SMILES string of the molecule is CCC1(C)CC2(OC(C(=O)OC)C(C(=O)OC)O2)C(C)C(C)(CC)N1[O]. The molecule has 1 radical (unpaired) electrons. The Morgan fingerprint density at radius 2 is 1.50 bits per heavy atom. The van der Waals surface area contributed by atoms with Crippen LogP contribution in [0.2, 0.25) is 0 Å². The molecule has 2 heterocycles. The maximum Gasteiger partial charge on any atom is 0.338 e. The first kappa shape index (κ1) is 21.1. The van der Waals surface area contributed by atoms with Crippen molar-refractivity contribution in [3.05, 3.63) is 0 Å². The summed E-state index contributed by atoms with van der Waals surface area (Å²) in [5.74, 6) is -3.05. The van der Waals surface area contributed by atoms with Gasteiger partial charge in [-0.05, 0) is 26.7 Å². The Morgan fingerprint density at radius 1 is 1.04 bits per heavy atom. The summed E-state index contributed by atoms with van der Waals surface area (Å²) in [5.41, 5.74) is -1.54. The number of nitrogens with zero attached hydrogens (tertiary/aromatic N) is 1. The zero-order chi connectivity index (χ0) is 19.9. The minimum atomic E-state index is -1.26. The van der Waals surface area contributed by atoms with Crippen molar-refractivity contribution in [2.75, 3.05) is 14.2 Å². The molecule has 0 amide bonds. The zero-order valence-corrected chi connectivity index (χ0v) is 16.7. The van der Waals surface area contributed by atoms with Crippen LogP contribution in [0.4, 0.5) is 0 Å². The predicted octanol–water partition coefficient (Wildman–Crippen LogP) is 1.84. The highest BCUT2D eigenvalue weighted by molar-refractivity contribution is 5.86. The van der Waals surface area contributed by atoms with Crippen molar-refractivity contribution >= 4 is 11.9 Å². The Kier molecular flexibility index (Phi) is 5.73. The molecule has 0 aromatic heterocycles. The second-order valence-corrected chi connectivity index (χ2v) is 7.69. The van der Waals surface area contributed by atoms with Crippen LogP contribution < -0.4 is 0 Å². The van der Waals surface area contributed by atoms with E-state index in [1.165, 1.54) is 14.2 Å². The lowest BCUT2D eigenvalue weighted by Crippen LogP contribution is -2.70. The van der Waals surface area contributed by atoms with Gasteiger partial charge in [-0.3, -0.25) is 0 Å². The van der Waals surface area contributed by atoms with Gasteiger partial charge in [0.05, 0.1) is 25.3 Å². The van der Waals surface area contributed by atoms with E-state index >= 15 is 0 Å². The quantitative estimate of drug-likeness (QED) is 0.695. The molecule has 1 spiro atoms. The molecule has 2 saturated heterocycles. The molecule has 0 aliphatic carbocycles. The fourth-order valence-corrected chi connectivity index (χ4v) is 4.18. The number of piperidine rings is 1. The average Bonchev–Trinajstić information content (AvgIpc) is 3.03. The molecule has 8 heteroatoms. The van der Waals surface area contributed by atoms with Gasteiger partial charge in [-0.1, -0.05) is 20.8 Å². The third-order valence-electron chi connectivity index (χ3n) is 6.45. The molecule has 0 aromatic carbocycles. The number of carbonyl (C=O) groups is 2. The Bertz CT molecular complexity index is 544. The van der Waals surface area contributed by atoms with Crippen molar-refractivity contribution in [1.82, 2.24) is 5.06 Å². The number of hydrogen-bond donors (Lipinski definition) is 0. The zero-order valence-electron chi connectivity index (χ0n) is 16.7. The Labute approximate surface area is 154 Å². The van der Waals surface area contributed by atoms with Gasteiger partial charge in [0.2, 0.25) is 0 Å². The largest absolute Gasteiger partial charge is 0.467 e. The molecule has 0 N–H and O–H groups in total. The molecule has 26 heavy (non-hydrogen) atoms. The maximum absolute atomic E-state index is 13.1. The van der Waals surface area contributed by atoms with Gasteiger partial charge in [0, 0.05) is 12.3 Å².